The maximum absolute atomic E-state index is 12.1. The molecule has 0 atom stereocenters. The number of aromatic carboxylic acids is 1. The highest BCUT2D eigenvalue weighted by Crippen LogP contribution is 2.27. The summed E-state index contributed by atoms with van der Waals surface area (Å²) in [5.41, 5.74) is 0.586. The molecule has 1 aromatic carbocycles. The molecule has 0 aliphatic heterocycles. The Morgan fingerprint density at radius 1 is 1.21 bits per heavy atom. The minimum atomic E-state index is -1.04. The summed E-state index contributed by atoms with van der Waals surface area (Å²) in [6.45, 7) is 0. The van der Waals surface area contributed by atoms with E-state index < -0.39 is 5.97 Å². The van der Waals surface area contributed by atoms with Gasteiger partial charge < -0.3 is 10.4 Å². The third-order valence-corrected chi connectivity index (χ3v) is 3.76. The molecule has 1 amide bonds. The number of carbonyl (C=O) groups excluding carboxylic acids is 1. The highest BCUT2D eigenvalue weighted by atomic mass is 35.5. The number of halogens is 1. The second kappa shape index (κ2) is 6.06. The van der Waals surface area contributed by atoms with E-state index in [9.17, 15) is 9.59 Å². The van der Waals surface area contributed by atoms with E-state index >= 15 is 0 Å². The van der Waals surface area contributed by atoms with Crippen molar-refractivity contribution in [1.29, 1.82) is 0 Å². The Balaban J connectivity index is 2.06. The maximum atomic E-state index is 12.1. The number of hydrogen-bond acceptors (Lipinski definition) is 2. The predicted octanol–water partition coefficient (Wildman–Crippen LogP) is 3.56. The van der Waals surface area contributed by atoms with Gasteiger partial charge in [0.05, 0.1) is 16.3 Å². The molecule has 2 N–H and O–H groups in total. The summed E-state index contributed by atoms with van der Waals surface area (Å²) in [5, 5.41) is 11.9. The lowest BCUT2D eigenvalue weighted by Gasteiger charge is -2.21. The summed E-state index contributed by atoms with van der Waals surface area (Å²) in [4.78, 5) is 22.8. The van der Waals surface area contributed by atoms with Crippen LogP contribution in [-0.2, 0) is 4.79 Å². The number of nitrogens with one attached hydrogen (secondary N) is 1. The first-order chi connectivity index (χ1) is 9.08. The van der Waals surface area contributed by atoms with Crippen molar-refractivity contribution < 1.29 is 14.7 Å². The zero-order valence-electron chi connectivity index (χ0n) is 10.5. The van der Waals surface area contributed by atoms with E-state index in [0.29, 0.717) is 5.69 Å². The molecular formula is C14H16ClNO3. The highest BCUT2D eigenvalue weighted by Gasteiger charge is 2.21. The molecule has 5 heteroatoms. The van der Waals surface area contributed by atoms with E-state index in [0.717, 1.165) is 25.7 Å². The Kier molecular flexibility index (Phi) is 4.43. The van der Waals surface area contributed by atoms with Gasteiger partial charge in [-0.1, -0.05) is 30.9 Å². The van der Waals surface area contributed by atoms with Crippen molar-refractivity contribution in [1.82, 2.24) is 0 Å². The molecule has 4 nitrogen and oxygen atoms in total. The fraction of sp³-hybridized carbons (Fsp3) is 0.429. The molecule has 1 aromatic rings. The third-order valence-electron chi connectivity index (χ3n) is 3.45. The number of rotatable bonds is 3. The second-order valence-electron chi connectivity index (χ2n) is 4.82. The number of carbonyl (C=O) groups is 2. The van der Waals surface area contributed by atoms with Crippen molar-refractivity contribution in [3.63, 3.8) is 0 Å². The SMILES string of the molecule is O=C(O)c1ccc(NC(=O)C2CCCCC2)c(Cl)c1. The van der Waals surface area contributed by atoms with Crippen LogP contribution >= 0.6 is 11.6 Å². The Morgan fingerprint density at radius 3 is 2.47 bits per heavy atom. The molecule has 0 aromatic heterocycles. The average molecular weight is 282 g/mol. The van der Waals surface area contributed by atoms with Gasteiger partial charge in [-0.05, 0) is 31.0 Å². The smallest absolute Gasteiger partial charge is 0.335 e. The van der Waals surface area contributed by atoms with Crippen LogP contribution in [0, 0.1) is 5.92 Å². The largest absolute Gasteiger partial charge is 0.478 e. The van der Waals surface area contributed by atoms with Crippen LogP contribution in [0.5, 0.6) is 0 Å². The minimum absolute atomic E-state index is 0.0234. The molecule has 0 radical (unpaired) electrons. The number of anilines is 1. The lowest BCUT2D eigenvalue weighted by molar-refractivity contribution is -0.120. The van der Waals surface area contributed by atoms with E-state index in [1.165, 1.54) is 24.6 Å². The number of hydrogen-bond donors (Lipinski definition) is 2. The van der Waals surface area contributed by atoms with E-state index in [1.807, 2.05) is 0 Å². The zero-order chi connectivity index (χ0) is 13.8. The molecular weight excluding hydrogens is 266 g/mol. The monoisotopic (exact) mass is 281 g/mol. The fourth-order valence-corrected chi connectivity index (χ4v) is 2.58. The van der Waals surface area contributed by atoms with Gasteiger partial charge in [-0.15, -0.1) is 0 Å². The van der Waals surface area contributed by atoms with Gasteiger partial charge in [0, 0.05) is 5.92 Å². The molecule has 19 heavy (non-hydrogen) atoms. The van der Waals surface area contributed by atoms with Crippen molar-refractivity contribution in [2.24, 2.45) is 5.92 Å². The molecule has 2 rings (SSSR count). The topological polar surface area (TPSA) is 66.4 Å². The number of carboxylic acids is 1. The van der Waals surface area contributed by atoms with Gasteiger partial charge in [0.25, 0.3) is 0 Å². The lowest BCUT2D eigenvalue weighted by Crippen LogP contribution is -2.24. The highest BCUT2D eigenvalue weighted by molar-refractivity contribution is 6.34. The lowest BCUT2D eigenvalue weighted by atomic mass is 9.88. The van der Waals surface area contributed by atoms with Gasteiger partial charge >= 0.3 is 5.97 Å². The first-order valence-electron chi connectivity index (χ1n) is 6.41. The van der Waals surface area contributed by atoms with E-state index in [4.69, 9.17) is 16.7 Å². The van der Waals surface area contributed by atoms with Crippen molar-refractivity contribution in [3.8, 4) is 0 Å². The summed E-state index contributed by atoms with van der Waals surface area (Å²) in [6.07, 6.45) is 5.19. The fourth-order valence-electron chi connectivity index (χ4n) is 2.35. The first kappa shape index (κ1) is 13.9. The van der Waals surface area contributed by atoms with Crippen LogP contribution in [0.3, 0.4) is 0 Å². The maximum Gasteiger partial charge on any atom is 0.335 e. The summed E-state index contributed by atoms with van der Waals surface area (Å²) >= 11 is 5.98. The normalized spacial score (nSPS) is 16.1. The van der Waals surface area contributed by atoms with Crippen molar-refractivity contribution in [2.75, 3.05) is 5.32 Å². The number of benzene rings is 1. The Morgan fingerprint density at radius 2 is 1.89 bits per heavy atom. The number of amides is 1. The molecule has 1 aliphatic rings. The molecule has 102 valence electrons. The van der Waals surface area contributed by atoms with Crippen LogP contribution in [0.1, 0.15) is 42.5 Å². The number of carboxylic acid groups (broad SMARTS) is 1. The van der Waals surface area contributed by atoms with Gasteiger partial charge in [-0.2, -0.15) is 0 Å². The molecule has 1 saturated carbocycles. The van der Waals surface area contributed by atoms with Crippen LogP contribution in [0.4, 0.5) is 5.69 Å². The summed E-state index contributed by atoms with van der Waals surface area (Å²) in [5.74, 6) is -1.01. The Bertz CT molecular complexity index is 495. The Hall–Kier alpha value is -1.55. The molecule has 0 bridgehead atoms. The molecule has 0 saturated heterocycles. The predicted molar refractivity (Wildman–Crippen MR) is 73.6 cm³/mol. The van der Waals surface area contributed by atoms with Crippen molar-refractivity contribution >= 4 is 29.2 Å². The summed E-state index contributed by atoms with van der Waals surface area (Å²) in [6, 6.07) is 4.32. The van der Waals surface area contributed by atoms with Gasteiger partial charge in [0.15, 0.2) is 0 Å². The van der Waals surface area contributed by atoms with Crippen molar-refractivity contribution in [3.05, 3.63) is 28.8 Å². The summed E-state index contributed by atoms with van der Waals surface area (Å²) in [7, 11) is 0. The molecule has 0 unspecified atom stereocenters. The quantitative estimate of drug-likeness (QED) is 0.890. The molecule has 0 spiro atoms. The van der Waals surface area contributed by atoms with Gasteiger partial charge in [-0.25, -0.2) is 4.79 Å². The van der Waals surface area contributed by atoms with Gasteiger partial charge in [0.2, 0.25) is 5.91 Å². The standard InChI is InChI=1S/C14H16ClNO3/c15-11-8-10(14(18)19)6-7-12(11)16-13(17)9-4-2-1-3-5-9/h6-9H,1-5H2,(H,16,17)(H,18,19). The average Bonchev–Trinajstić information content (AvgIpc) is 2.41. The van der Waals surface area contributed by atoms with Crippen LogP contribution in [-0.4, -0.2) is 17.0 Å². The van der Waals surface area contributed by atoms with Gasteiger partial charge in [-0.3, -0.25) is 4.79 Å². The van der Waals surface area contributed by atoms with E-state index in [1.54, 1.807) is 0 Å². The Labute approximate surface area is 116 Å². The van der Waals surface area contributed by atoms with Crippen LogP contribution in [0.2, 0.25) is 5.02 Å². The van der Waals surface area contributed by atoms with Gasteiger partial charge in [0.1, 0.15) is 0 Å². The minimum Gasteiger partial charge on any atom is -0.478 e. The zero-order valence-corrected chi connectivity index (χ0v) is 11.2. The van der Waals surface area contributed by atoms with Crippen LogP contribution < -0.4 is 5.32 Å². The molecule has 0 heterocycles. The van der Waals surface area contributed by atoms with Crippen LogP contribution in [0.15, 0.2) is 18.2 Å². The first-order valence-corrected chi connectivity index (χ1v) is 6.79. The summed E-state index contributed by atoms with van der Waals surface area (Å²) < 4.78 is 0. The van der Waals surface area contributed by atoms with Crippen molar-refractivity contribution in [2.45, 2.75) is 32.1 Å². The third kappa shape index (κ3) is 3.47. The second-order valence-corrected chi connectivity index (χ2v) is 5.23. The van der Waals surface area contributed by atoms with Crippen LogP contribution in [0.25, 0.3) is 0 Å². The van der Waals surface area contributed by atoms with E-state index in [-0.39, 0.29) is 22.4 Å². The molecule has 1 aliphatic carbocycles. The van der Waals surface area contributed by atoms with E-state index in [2.05, 4.69) is 5.32 Å². The molecule has 1 fully saturated rings.